The van der Waals surface area contributed by atoms with Gasteiger partial charge in [-0.15, -0.1) is 11.3 Å². The minimum Gasteiger partial charge on any atom is -0.478 e. The van der Waals surface area contributed by atoms with Crippen molar-refractivity contribution in [3.05, 3.63) is 46.8 Å². The van der Waals surface area contributed by atoms with Crippen molar-refractivity contribution in [2.45, 2.75) is 4.21 Å². The van der Waals surface area contributed by atoms with Crippen LogP contribution in [0.25, 0.3) is 0 Å². The number of aromatic carboxylic acids is 1. The minimum absolute atomic E-state index is 0.103. The molecular weight excluding hydrogens is 330 g/mol. The molecule has 0 spiro atoms. The van der Waals surface area contributed by atoms with Gasteiger partial charge in [0.25, 0.3) is 10.0 Å². The number of thiophene rings is 1. The van der Waals surface area contributed by atoms with Crippen LogP contribution in [-0.2, 0) is 14.8 Å². The molecule has 1 aromatic heterocycles. The Hall–Kier alpha value is -2.39. The van der Waals surface area contributed by atoms with E-state index in [4.69, 9.17) is 5.11 Å². The lowest BCUT2D eigenvalue weighted by Gasteiger charge is -2.07. The van der Waals surface area contributed by atoms with E-state index in [-0.39, 0.29) is 21.0 Å². The molecule has 2 rings (SSSR count). The van der Waals surface area contributed by atoms with Crippen molar-refractivity contribution in [3.63, 3.8) is 0 Å². The van der Waals surface area contributed by atoms with E-state index in [1.165, 1.54) is 36.8 Å². The number of esters is 1. The van der Waals surface area contributed by atoms with Gasteiger partial charge in [-0.1, -0.05) is 6.07 Å². The fourth-order valence-corrected chi connectivity index (χ4v) is 3.81. The lowest BCUT2D eigenvalue weighted by atomic mass is 10.2. The number of carboxylic acids is 1. The van der Waals surface area contributed by atoms with Crippen LogP contribution in [-0.4, -0.2) is 32.6 Å². The van der Waals surface area contributed by atoms with Crippen molar-refractivity contribution in [1.82, 2.24) is 0 Å². The summed E-state index contributed by atoms with van der Waals surface area (Å²) < 4.78 is 31.1. The zero-order chi connectivity index (χ0) is 16.3. The predicted octanol–water partition coefficient (Wildman–Crippen LogP) is 2.03. The van der Waals surface area contributed by atoms with Crippen molar-refractivity contribution >= 4 is 39.0 Å². The third kappa shape index (κ3) is 3.43. The summed E-state index contributed by atoms with van der Waals surface area (Å²) in [6, 6.07) is 6.85. The number of nitrogens with one attached hydrogen (secondary N) is 1. The number of rotatable bonds is 5. The number of hydrogen-bond donors (Lipinski definition) is 2. The van der Waals surface area contributed by atoms with E-state index in [1.54, 1.807) is 0 Å². The van der Waals surface area contributed by atoms with E-state index in [1.807, 2.05) is 0 Å². The second-order valence-electron chi connectivity index (χ2n) is 4.14. The van der Waals surface area contributed by atoms with Gasteiger partial charge in [-0.2, -0.15) is 0 Å². The van der Waals surface area contributed by atoms with Gasteiger partial charge in [0.2, 0.25) is 0 Å². The fraction of sp³-hybridized carbons (Fsp3) is 0.0769. The van der Waals surface area contributed by atoms with E-state index in [0.29, 0.717) is 0 Å². The number of anilines is 1. The summed E-state index contributed by atoms with van der Waals surface area (Å²) >= 11 is 0.796. The summed E-state index contributed by atoms with van der Waals surface area (Å²) in [6.45, 7) is 0. The van der Waals surface area contributed by atoms with Crippen molar-refractivity contribution in [2.75, 3.05) is 11.8 Å². The molecule has 0 amide bonds. The largest absolute Gasteiger partial charge is 0.478 e. The zero-order valence-electron chi connectivity index (χ0n) is 11.3. The van der Waals surface area contributed by atoms with Gasteiger partial charge in [-0.3, -0.25) is 4.72 Å². The first kappa shape index (κ1) is 16.0. The molecule has 0 radical (unpaired) electrons. The Bertz CT molecular complexity index is 825. The first-order valence-corrected chi connectivity index (χ1v) is 8.23. The molecule has 1 aromatic carbocycles. The second kappa shape index (κ2) is 6.16. The smallest absolute Gasteiger partial charge is 0.337 e. The molecule has 116 valence electrons. The number of carbonyl (C=O) groups excluding carboxylic acids is 1. The SMILES string of the molecule is COC(=O)c1cccc(NS(=O)(=O)c2cc(C(=O)O)cs2)c1. The first-order chi connectivity index (χ1) is 10.3. The molecule has 0 aliphatic carbocycles. The van der Waals surface area contributed by atoms with Crippen molar-refractivity contribution in [3.8, 4) is 0 Å². The number of sulfonamides is 1. The highest BCUT2D eigenvalue weighted by Gasteiger charge is 2.19. The lowest BCUT2D eigenvalue weighted by Crippen LogP contribution is -2.12. The Morgan fingerprint density at radius 3 is 2.55 bits per heavy atom. The topological polar surface area (TPSA) is 110 Å². The van der Waals surface area contributed by atoms with Crippen LogP contribution in [0.2, 0.25) is 0 Å². The summed E-state index contributed by atoms with van der Waals surface area (Å²) in [5.41, 5.74) is 0.266. The molecule has 0 unspecified atom stereocenters. The Labute approximate surface area is 130 Å². The van der Waals surface area contributed by atoms with Crippen LogP contribution >= 0.6 is 11.3 Å². The third-order valence-electron chi connectivity index (χ3n) is 2.62. The molecular formula is C13H11NO6S2. The number of carboxylic acid groups (broad SMARTS) is 1. The molecule has 2 aromatic rings. The third-order valence-corrected chi connectivity index (χ3v) is 5.44. The summed E-state index contributed by atoms with van der Waals surface area (Å²) in [5, 5.41) is 10.1. The zero-order valence-corrected chi connectivity index (χ0v) is 12.9. The second-order valence-corrected chi connectivity index (χ2v) is 6.96. The van der Waals surface area contributed by atoms with Gasteiger partial charge in [-0.05, 0) is 24.3 Å². The molecule has 0 saturated heterocycles. The number of methoxy groups -OCH3 is 1. The maximum Gasteiger partial charge on any atom is 0.337 e. The molecule has 1 heterocycles. The minimum atomic E-state index is -3.92. The highest BCUT2D eigenvalue weighted by atomic mass is 32.2. The van der Waals surface area contributed by atoms with Gasteiger partial charge in [0.05, 0.1) is 18.2 Å². The lowest BCUT2D eigenvalue weighted by molar-refractivity contribution is 0.0600. The van der Waals surface area contributed by atoms with Crippen LogP contribution < -0.4 is 4.72 Å². The Kier molecular flexibility index (Phi) is 4.48. The van der Waals surface area contributed by atoms with Crippen molar-refractivity contribution in [1.29, 1.82) is 0 Å². The van der Waals surface area contributed by atoms with E-state index in [0.717, 1.165) is 17.4 Å². The average molecular weight is 341 g/mol. The monoisotopic (exact) mass is 341 g/mol. The molecule has 0 aliphatic heterocycles. The number of ether oxygens (including phenoxy) is 1. The van der Waals surface area contributed by atoms with E-state index >= 15 is 0 Å². The molecule has 7 nitrogen and oxygen atoms in total. The van der Waals surface area contributed by atoms with Gasteiger partial charge in [-0.25, -0.2) is 18.0 Å². The Morgan fingerprint density at radius 1 is 1.23 bits per heavy atom. The van der Waals surface area contributed by atoms with Crippen molar-refractivity contribution < 1.29 is 27.9 Å². The van der Waals surface area contributed by atoms with E-state index in [2.05, 4.69) is 9.46 Å². The molecule has 0 atom stereocenters. The van der Waals surface area contributed by atoms with Crippen molar-refractivity contribution in [2.24, 2.45) is 0 Å². The molecule has 9 heteroatoms. The molecule has 0 saturated carbocycles. The summed E-state index contributed by atoms with van der Waals surface area (Å²) in [5.74, 6) is -1.80. The quantitative estimate of drug-likeness (QED) is 0.805. The molecule has 0 fully saturated rings. The van der Waals surface area contributed by atoms with Crippen LogP contribution in [0, 0.1) is 0 Å². The Balaban J connectivity index is 2.28. The first-order valence-electron chi connectivity index (χ1n) is 5.86. The standard InChI is InChI=1S/C13H11NO6S2/c1-20-13(17)8-3-2-4-10(5-8)14-22(18,19)11-6-9(7-21-11)12(15)16/h2-7,14H,1H3,(H,15,16). The van der Waals surface area contributed by atoms with Gasteiger partial charge in [0.1, 0.15) is 4.21 Å². The number of benzene rings is 1. The van der Waals surface area contributed by atoms with E-state index < -0.39 is 22.0 Å². The predicted molar refractivity (Wildman–Crippen MR) is 79.9 cm³/mol. The maximum absolute atomic E-state index is 12.2. The summed E-state index contributed by atoms with van der Waals surface area (Å²) in [7, 11) is -2.70. The average Bonchev–Trinajstić information content (AvgIpc) is 2.97. The summed E-state index contributed by atoms with van der Waals surface area (Å²) in [6.07, 6.45) is 0. The van der Waals surface area contributed by atoms with E-state index in [9.17, 15) is 18.0 Å². The van der Waals surface area contributed by atoms with Gasteiger partial charge in [0.15, 0.2) is 0 Å². The Morgan fingerprint density at radius 2 is 1.95 bits per heavy atom. The normalized spacial score (nSPS) is 11.0. The summed E-state index contributed by atoms with van der Waals surface area (Å²) in [4.78, 5) is 22.2. The van der Waals surface area contributed by atoms with Crippen LogP contribution in [0.3, 0.4) is 0 Å². The van der Waals surface area contributed by atoms with Gasteiger partial charge >= 0.3 is 11.9 Å². The van der Waals surface area contributed by atoms with Crippen LogP contribution in [0.5, 0.6) is 0 Å². The highest BCUT2D eigenvalue weighted by Crippen LogP contribution is 2.23. The highest BCUT2D eigenvalue weighted by molar-refractivity contribution is 7.94. The molecule has 0 bridgehead atoms. The van der Waals surface area contributed by atoms with Gasteiger partial charge < -0.3 is 9.84 Å². The van der Waals surface area contributed by atoms with Crippen LogP contribution in [0.4, 0.5) is 5.69 Å². The maximum atomic E-state index is 12.2. The molecule has 0 aliphatic rings. The van der Waals surface area contributed by atoms with Gasteiger partial charge in [0, 0.05) is 11.1 Å². The number of carbonyl (C=O) groups is 2. The van der Waals surface area contributed by atoms with Crippen LogP contribution in [0.15, 0.2) is 39.9 Å². The molecule has 2 N–H and O–H groups in total. The fourth-order valence-electron chi connectivity index (χ4n) is 1.60. The molecule has 22 heavy (non-hydrogen) atoms. The number of hydrogen-bond acceptors (Lipinski definition) is 6. The van der Waals surface area contributed by atoms with Crippen LogP contribution in [0.1, 0.15) is 20.7 Å².